The standard InChI is InChI=1S/C15H26F2N6O.HI/c1-15(2,22-6-8-24-9-7-22)11-21-14(18-3)20-10-12-19-4-5-23(12)13(16)17;/h4-5,13H,6-11H2,1-3H3,(H2,18,20,21);1H. The van der Waals surface area contributed by atoms with Crippen LogP contribution in [0.5, 0.6) is 0 Å². The zero-order valence-corrected chi connectivity index (χ0v) is 17.2. The first-order chi connectivity index (χ1) is 11.4. The summed E-state index contributed by atoms with van der Waals surface area (Å²) in [6.07, 6.45) is 2.63. The zero-order valence-electron chi connectivity index (χ0n) is 14.8. The molecule has 1 saturated heterocycles. The zero-order chi connectivity index (χ0) is 17.6. The minimum absolute atomic E-state index is 0. The second-order valence-electron chi connectivity index (χ2n) is 6.22. The van der Waals surface area contributed by atoms with Gasteiger partial charge in [-0.1, -0.05) is 0 Å². The fourth-order valence-electron chi connectivity index (χ4n) is 2.62. The van der Waals surface area contributed by atoms with Crippen molar-refractivity contribution in [3.63, 3.8) is 0 Å². The number of morpholine rings is 1. The van der Waals surface area contributed by atoms with E-state index in [-0.39, 0.29) is 41.9 Å². The molecule has 2 rings (SSSR count). The number of halogens is 3. The lowest BCUT2D eigenvalue weighted by Crippen LogP contribution is -2.56. The minimum Gasteiger partial charge on any atom is -0.379 e. The van der Waals surface area contributed by atoms with Crippen LogP contribution in [0.25, 0.3) is 0 Å². The summed E-state index contributed by atoms with van der Waals surface area (Å²) in [5.74, 6) is 0.820. The lowest BCUT2D eigenvalue weighted by Gasteiger charge is -2.41. The lowest BCUT2D eigenvalue weighted by molar-refractivity contribution is -0.00834. The smallest absolute Gasteiger partial charge is 0.319 e. The van der Waals surface area contributed by atoms with Crippen molar-refractivity contribution in [3.8, 4) is 0 Å². The second kappa shape index (κ2) is 10.2. The van der Waals surface area contributed by atoms with E-state index in [1.54, 1.807) is 7.05 Å². The molecular formula is C15H27F2IN6O. The van der Waals surface area contributed by atoms with Gasteiger partial charge in [0.05, 0.1) is 19.8 Å². The van der Waals surface area contributed by atoms with Crippen LogP contribution in [-0.2, 0) is 11.3 Å². The van der Waals surface area contributed by atoms with E-state index >= 15 is 0 Å². The largest absolute Gasteiger partial charge is 0.379 e. The molecule has 0 spiro atoms. The van der Waals surface area contributed by atoms with Gasteiger partial charge < -0.3 is 15.4 Å². The summed E-state index contributed by atoms with van der Waals surface area (Å²) < 4.78 is 31.8. The first kappa shape index (κ1) is 22.0. The fourth-order valence-corrected chi connectivity index (χ4v) is 2.62. The van der Waals surface area contributed by atoms with Gasteiger partial charge in [-0.15, -0.1) is 24.0 Å². The summed E-state index contributed by atoms with van der Waals surface area (Å²) in [4.78, 5) is 10.4. The average Bonchev–Trinajstić information content (AvgIpc) is 3.04. The van der Waals surface area contributed by atoms with Gasteiger partial charge in [-0.2, -0.15) is 8.78 Å². The van der Waals surface area contributed by atoms with Crippen LogP contribution in [0.4, 0.5) is 8.78 Å². The van der Waals surface area contributed by atoms with Gasteiger partial charge >= 0.3 is 6.55 Å². The Hall–Kier alpha value is -1.01. The predicted molar refractivity (Wildman–Crippen MR) is 104 cm³/mol. The molecule has 1 aromatic rings. The molecule has 0 unspecified atom stereocenters. The van der Waals surface area contributed by atoms with Crippen LogP contribution in [0.1, 0.15) is 26.2 Å². The third-order valence-corrected chi connectivity index (χ3v) is 4.15. The minimum atomic E-state index is -2.60. The normalized spacial score (nSPS) is 16.6. The molecule has 0 amide bonds. The molecule has 1 aromatic heterocycles. The molecular weight excluding hydrogens is 445 g/mol. The molecule has 144 valence electrons. The molecule has 0 aromatic carbocycles. The van der Waals surface area contributed by atoms with E-state index in [0.29, 0.717) is 12.5 Å². The van der Waals surface area contributed by atoms with Gasteiger partial charge in [0, 0.05) is 44.6 Å². The monoisotopic (exact) mass is 472 g/mol. The van der Waals surface area contributed by atoms with E-state index in [9.17, 15) is 8.78 Å². The number of nitrogens with zero attached hydrogens (tertiary/aromatic N) is 4. The van der Waals surface area contributed by atoms with Crippen molar-refractivity contribution in [2.24, 2.45) is 4.99 Å². The maximum absolute atomic E-state index is 12.8. The average molecular weight is 472 g/mol. The molecule has 0 bridgehead atoms. The maximum Gasteiger partial charge on any atom is 0.319 e. The van der Waals surface area contributed by atoms with Gasteiger partial charge in [0.2, 0.25) is 0 Å². The van der Waals surface area contributed by atoms with Gasteiger partial charge in [0.25, 0.3) is 0 Å². The highest BCUT2D eigenvalue weighted by molar-refractivity contribution is 14.0. The Morgan fingerprint density at radius 2 is 2.04 bits per heavy atom. The quantitative estimate of drug-likeness (QED) is 0.375. The first-order valence-electron chi connectivity index (χ1n) is 8.01. The summed E-state index contributed by atoms with van der Waals surface area (Å²) in [5, 5.41) is 6.27. The van der Waals surface area contributed by atoms with Gasteiger partial charge in [-0.3, -0.25) is 14.5 Å². The Morgan fingerprint density at radius 3 is 2.64 bits per heavy atom. The molecule has 0 atom stereocenters. The van der Waals surface area contributed by atoms with Crippen LogP contribution in [0.15, 0.2) is 17.4 Å². The van der Waals surface area contributed by atoms with E-state index in [1.165, 1.54) is 12.4 Å². The van der Waals surface area contributed by atoms with E-state index < -0.39 is 6.55 Å². The van der Waals surface area contributed by atoms with E-state index in [4.69, 9.17) is 4.74 Å². The summed E-state index contributed by atoms with van der Waals surface area (Å²) in [7, 11) is 1.65. The molecule has 2 heterocycles. The summed E-state index contributed by atoms with van der Waals surface area (Å²) in [5.41, 5.74) is -0.0666. The van der Waals surface area contributed by atoms with Crippen LogP contribution in [0, 0.1) is 0 Å². The highest BCUT2D eigenvalue weighted by Crippen LogP contribution is 2.15. The van der Waals surface area contributed by atoms with E-state index in [2.05, 4.69) is 39.4 Å². The number of ether oxygens (including phenoxy) is 1. The Balaban J connectivity index is 0.00000312. The summed E-state index contributed by atoms with van der Waals surface area (Å²) in [6, 6.07) is 0. The number of aromatic nitrogens is 2. The fraction of sp³-hybridized carbons (Fsp3) is 0.733. The van der Waals surface area contributed by atoms with E-state index in [1.807, 2.05) is 0 Å². The van der Waals surface area contributed by atoms with Crippen molar-refractivity contribution < 1.29 is 13.5 Å². The molecule has 1 aliphatic heterocycles. The maximum atomic E-state index is 12.8. The molecule has 2 N–H and O–H groups in total. The van der Waals surface area contributed by atoms with Crippen LogP contribution in [0.3, 0.4) is 0 Å². The van der Waals surface area contributed by atoms with Crippen LogP contribution >= 0.6 is 24.0 Å². The van der Waals surface area contributed by atoms with Crippen molar-refractivity contribution in [3.05, 3.63) is 18.2 Å². The highest BCUT2D eigenvalue weighted by Gasteiger charge is 2.28. The molecule has 7 nitrogen and oxygen atoms in total. The number of hydrogen-bond acceptors (Lipinski definition) is 4. The third-order valence-electron chi connectivity index (χ3n) is 4.15. The molecule has 0 saturated carbocycles. The Labute approximate surface area is 164 Å². The number of guanidine groups is 1. The molecule has 1 aliphatic rings. The number of rotatable bonds is 6. The number of imidazole rings is 1. The number of hydrogen-bond donors (Lipinski definition) is 2. The second-order valence-corrected chi connectivity index (χ2v) is 6.22. The van der Waals surface area contributed by atoms with Crippen LogP contribution < -0.4 is 10.6 Å². The molecule has 0 radical (unpaired) electrons. The Kier molecular flexibility index (Phi) is 9.00. The Bertz CT molecular complexity index is 546. The van der Waals surface area contributed by atoms with Crippen molar-refractivity contribution in [2.75, 3.05) is 39.9 Å². The van der Waals surface area contributed by atoms with Gasteiger partial charge in [-0.05, 0) is 13.8 Å². The predicted octanol–water partition coefficient (Wildman–Crippen LogP) is 1.67. The Morgan fingerprint density at radius 1 is 1.36 bits per heavy atom. The molecule has 0 aliphatic carbocycles. The number of nitrogens with one attached hydrogen (secondary N) is 2. The first-order valence-corrected chi connectivity index (χ1v) is 8.01. The van der Waals surface area contributed by atoms with Gasteiger partial charge in [-0.25, -0.2) is 4.98 Å². The molecule has 1 fully saturated rings. The van der Waals surface area contributed by atoms with Crippen molar-refractivity contribution >= 4 is 29.9 Å². The lowest BCUT2D eigenvalue weighted by atomic mass is 10.0. The highest BCUT2D eigenvalue weighted by atomic mass is 127. The third kappa shape index (κ3) is 6.33. The number of aliphatic imine (C=N–C) groups is 1. The van der Waals surface area contributed by atoms with Crippen molar-refractivity contribution in [1.29, 1.82) is 0 Å². The van der Waals surface area contributed by atoms with E-state index in [0.717, 1.165) is 30.9 Å². The molecule has 25 heavy (non-hydrogen) atoms. The van der Waals surface area contributed by atoms with Crippen molar-refractivity contribution in [2.45, 2.75) is 32.5 Å². The van der Waals surface area contributed by atoms with Crippen LogP contribution in [-0.4, -0.2) is 65.8 Å². The summed E-state index contributed by atoms with van der Waals surface area (Å²) in [6.45, 7) is 5.84. The van der Waals surface area contributed by atoms with Crippen molar-refractivity contribution in [1.82, 2.24) is 25.1 Å². The van der Waals surface area contributed by atoms with Crippen LogP contribution in [0.2, 0.25) is 0 Å². The molecule has 10 heteroatoms. The summed E-state index contributed by atoms with van der Waals surface area (Å²) >= 11 is 0. The topological polar surface area (TPSA) is 66.7 Å². The number of alkyl halides is 2. The SMILES string of the molecule is CN=C(NCc1nccn1C(F)F)NCC(C)(C)N1CCOCC1.I. The van der Waals surface area contributed by atoms with Gasteiger partial charge in [0.1, 0.15) is 5.82 Å². The van der Waals surface area contributed by atoms with Gasteiger partial charge in [0.15, 0.2) is 5.96 Å².